The summed E-state index contributed by atoms with van der Waals surface area (Å²) >= 11 is 3.55. The number of carbonyl (C=O) groups excluding carboxylic acids is 1. The van der Waals surface area contributed by atoms with E-state index in [0.29, 0.717) is 5.56 Å². The number of halogens is 1. The Balaban J connectivity index is 2.10. The third kappa shape index (κ3) is 2.46. The lowest BCUT2D eigenvalue weighted by molar-refractivity contribution is 0.0600. The van der Waals surface area contributed by atoms with Gasteiger partial charge in [-0.25, -0.2) is 9.78 Å². The number of carbonyl (C=O) groups is 1. The number of imidazole rings is 1. The van der Waals surface area contributed by atoms with Gasteiger partial charge in [-0.15, -0.1) is 0 Å². The molecule has 0 fully saturated rings. The third-order valence-electron chi connectivity index (χ3n) is 3.34. The highest BCUT2D eigenvalue weighted by Crippen LogP contribution is 2.30. The van der Waals surface area contributed by atoms with Crippen LogP contribution in [-0.4, -0.2) is 29.6 Å². The second-order valence-corrected chi connectivity index (χ2v) is 5.37. The summed E-state index contributed by atoms with van der Waals surface area (Å²) in [7, 11) is 2.99. The monoisotopic (exact) mass is 360 g/mol. The van der Waals surface area contributed by atoms with Crippen LogP contribution < -0.4 is 4.74 Å². The smallest absolute Gasteiger partial charge is 0.339 e. The summed E-state index contributed by atoms with van der Waals surface area (Å²) in [6.07, 6.45) is 1.70. The van der Waals surface area contributed by atoms with E-state index in [4.69, 9.17) is 9.47 Å². The Morgan fingerprint density at radius 1 is 1.14 bits per heavy atom. The minimum absolute atomic E-state index is 0.381. The van der Waals surface area contributed by atoms with Gasteiger partial charge in [0, 0.05) is 11.8 Å². The largest absolute Gasteiger partial charge is 0.497 e. The van der Waals surface area contributed by atoms with Crippen molar-refractivity contribution in [3.8, 4) is 17.0 Å². The third-order valence-corrected chi connectivity index (χ3v) is 4.10. The molecule has 0 N–H and O–H groups in total. The molecule has 1 aromatic carbocycles. The molecule has 0 amide bonds. The van der Waals surface area contributed by atoms with E-state index in [1.807, 2.05) is 28.7 Å². The number of nitrogens with zero attached hydrogens (tertiary/aromatic N) is 2. The van der Waals surface area contributed by atoms with Crippen LogP contribution in [0.25, 0.3) is 16.9 Å². The SMILES string of the molecule is COC(=O)c1ccc2nc(-c3ccc(OC)cc3)c(Br)n2c1. The number of hydrogen-bond donors (Lipinski definition) is 0. The molecule has 2 heterocycles. The average molecular weight is 361 g/mol. The van der Waals surface area contributed by atoms with Crippen molar-refractivity contribution < 1.29 is 14.3 Å². The molecule has 0 radical (unpaired) electrons. The summed E-state index contributed by atoms with van der Waals surface area (Å²) < 4.78 is 12.5. The van der Waals surface area contributed by atoms with Crippen LogP contribution in [-0.2, 0) is 4.74 Å². The number of aromatic nitrogens is 2. The standard InChI is InChI=1S/C16H13BrN2O3/c1-21-12-6-3-10(4-7-12)14-15(17)19-9-11(16(20)22-2)5-8-13(19)18-14/h3-9H,1-2H3. The molecule has 0 aliphatic rings. The Hall–Kier alpha value is -2.34. The maximum absolute atomic E-state index is 11.6. The van der Waals surface area contributed by atoms with Crippen LogP contribution in [0.5, 0.6) is 5.75 Å². The zero-order valence-corrected chi connectivity index (χ0v) is 13.6. The molecule has 0 spiro atoms. The van der Waals surface area contributed by atoms with E-state index in [1.165, 1.54) is 7.11 Å². The van der Waals surface area contributed by atoms with Gasteiger partial charge in [0.1, 0.15) is 21.7 Å². The number of pyridine rings is 1. The molecule has 0 unspecified atom stereocenters. The van der Waals surface area contributed by atoms with Gasteiger partial charge < -0.3 is 9.47 Å². The molecule has 6 heteroatoms. The molecule has 2 aromatic heterocycles. The summed E-state index contributed by atoms with van der Waals surface area (Å²) in [5.41, 5.74) is 2.96. The fourth-order valence-corrected chi connectivity index (χ4v) is 2.79. The second kappa shape index (κ2) is 5.81. The predicted octanol–water partition coefficient (Wildman–Crippen LogP) is 3.56. The first kappa shape index (κ1) is 14.6. The van der Waals surface area contributed by atoms with Crippen molar-refractivity contribution in [2.75, 3.05) is 14.2 Å². The summed E-state index contributed by atoms with van der Waals surface area (Å²) in [6, 6.07) is 11.1. The molecule has 0 saturated heterocycles. The maximum Gasteiger partial charge on any atom is 0.339 e. The van der Waals surface area contributed by atoms with E-state index in [-0.39, 0.29) is 5.97 Å². The van der Waals surface area contributed by atoms with Crippen LogP contribution in [0, 0.1) is 0 Å². The van der Waals surface area contributed by atoms with Gasteiger partial charge in [0.25, 0.3) is 0 Å². The zero-order valence-electron chi connectivity index (χ0n) is 12.0. The van der Waals surface area contributed by atoms with E-state index in [2.05, 4.69) is 20.9 Å². The maximum atomic E-state index is 11.6. The van der Waals surface area contributed by atoms with E-state index < -0.39 is 0 Å². The fraction of sp³-hybridized carbons (Fsp3) is 0.125. The highest BCUT2D eigenvalue weighted by molar-refractivity contribution is 9.10. The Bertz CT molecular complexity index is 840. The van der Waals surface area contributed by atoms with Crippen molar-refractivity contribution in [2.24, 2.45) is 0 Å². The number of rotatable bonds is 3. The van der Waals surface area contributed by atoms with Crippen LogP contribution in [0.3, 0.4) is 0 Å². The number of methoxy groups -OCH3 is 2. The summed E-state index contributed by atoms with van der Waals surface area (Å²) in [5.74, 6) is 0.408. The minimum Gasteiger partial charge on any atom is -0.497 e. The molecular formula is C16H13BrN2O3. The quantitative estimate of drug-likeness (QED) is 0.670. The van der Waals surface area contributed by atoms with E-state index in [1.54, 1.807) is 25.4 Å². The molecule has 112 valence electrons. The average Bonchev–Trinajstić information content (AvgIpc) is 2.90. The number of esters is 1. The molecule has 0 bridgehead atoms. The van der Waals surface area contributed by atoms with Gasteiger partial charge in [0.05, 0.1) is 19.8 Å². The topological polar surface area (TPSA) is 52.8 Å². The number of benzene rings is 1. The van der Waals surface area contributed by atoms with Gasteiger partial charge in [0.2, 0.25) is 0 Å². The first-order chi connectivity index (χ1) is 10.6. The molecule has 0 aliphatic heterocycles. The van der Waals surface area contributed by atoms with Gasteiger partial charge in [-0.1, -0.05) is 0 Å². The summed E-state index contributed by atoms with van der Waals surface area (Å²) in [6.45, 7) is 0. The lowest BCUT2D eigenvalue weighted by Crippen LogP contribution is -2.02. The number of fused-ring (bicyclic) bond motifs is 1. The minimum atomic E-state index is -0.381. The first-order valence-corrected chi connectivity index (χ1v) is 7.33. The van der Waals surface area contributed by atoms with Crippen molar-refractivity contribution in [1.82, 2.24) is 9.38 Å². The van der Waals surface area contributed by atoms with Gasteiger partial charge in [-0.3, -0.25) is 4.40 Å². The van der Waals surface area contributed by atoms with Crippen LogP contribution in [0.15, 0.2) is 47.2 Å². The molecule has 22 heavy (non-hydrogen) atoms. The van der Waals surface area contributed by atoms with Crippen molar-refractivity contribution in [3.63, 3.8) is 0 Å². The Morgan fingerprint density at radius 2 is 1.86 bits per heavy atom. The van der Waals surface area contributed by atoms with E-state index >= 15 is 0 Å². The van der Waals surface area contributed by atoms with Crippen molar-refractivity contribution in [2.45, 2.75) is 0 Å². The van der Waals surface area contributed by atoms with Gasteiger partial charge in [-0.2, -0.15) is 0 Å². The Kier molecular flexibility index (Phi) is 3.85. The summed E-state index contributed by atoms with van der Waals surface area (Å²) in [5, 5.41) is 0. The van der Waals surface area contributed by atoms with Crippen LogP contribution in [0.1, 0.15) is 10.4 Å². The molecule has 0 atom stereocenters. The van der Waals surface area contributed by atoms with Crippen LogP contribution >= 0.6 is 15.9 Å². The Labute approximate surface area is 135 Å². The van der Waals surface area contributed by atoms with Crippen LogP contribution in [0.4, 0.5) is 0 Å². The van der Waals surface area contributed by atoms with E-state index in [9.17, 15) is 4.79 Å². The fourth-order valence-electron chi connectivity index (χ4n) is 2.19. The van der Waals surface area contributed by atoms with Gasteiger partial charge in [0.15, 0.2) is 0 Å². The summed E-state index contributed by atoms with van der Waals surface area (Å²) in [4.78, 5) is 16.2. The molecule has 3 aromatic rings. The molecule has 0 saturated carbocycles. The van der Waals surface area contributed by atoms with E-state index in [0.717, 1.165) is 27.3 Å². The lowest BCUT2D eigenvalue weighted by Gasteiger charge is -2.02. The molecule has 5 nitrogen and oxygen atoms in total. The molecule has 0 aliphatic carbocycles. The Morgan fingerprint density at radius 3 is 2.50 bits per heavy atom. The highest BCUT2D eigenvalue weighted by Gasteiger charge is 2.14. The number of hydrogen-bond acceptors (Lipinski definition) is 4. The number of ether oxygens (including phenoxy) is 2. The van der Waals surface area contributed by atoms with Crippen molar-refractivity contribution >= 4 is 27.5 Å². The molecular weight excluding hydrogens is 348 g/mol. The van der Waals surface area contributed by atoms with Gasteiger partial charge in [-0.05, 0) is 52.3 Å². The lowest BCUT2D eigenvalue weighted by atomic mass is 10.2. The first-order valence-electron chi connectivity index (χ1n) is 6.54. The normalized spacial score (nSPS) is 10.7. The zero-order chi connectivity index (χ0) is 15.7. The molecule has 3 rings (SSSR count). The van der Waals surface area contributed by atoms with Crippen molar-refractivity contribution in [1.29, 1.82) is 0 Å². The highest BCUT2D eigenvalue weighted by atomic mass is 79.9. The van der Waals surface area contributed by atoms with Crippen LogP contribution in [0.2, 0.25) is 0 Å². The van der Waals surface area contributed by atoms with Gasteiger partial charge >= 0.3 is 5.97 Å². The van der Waals surface area contributed by atoms with Crippen molar-refractivity contribution in [3.05, 3.63) is 52.8 Å². The predicted molar refractivity (Wildman–Crippen MR) is 86.2 cm³/mol. The second-order valence-electron chi connectivity index (χ2n) is 4.62.